The van der Waals surface area contributed by atoms with Crippen LogP contribution >= 0.6 is 0 Å². The van der Waals surface area contributed by atoms with E-state index in [-0.39, 0.29) is 23.5 Å². The van der Waals surface area contributed by atoms with Crippen LogP contribution in [-0.2, 0) is 14.3 Å². The lowest BCUT2D eigenvalue weighted by molar-refractivity contribution is -0.119. The summed E-state index contributed by atoms with van der Waals surface area (Å²) in [6.45, 7) is 5.34. The second-order valence-electron chi connectivity index (χ2n) is 7.41. The number of Topliss-reactive ketones (excluding diaryl/α,β-unsaturated/α-hetero) is 1. The minimum absolute atomic E-state index is 0.0230. The van der Waals surface area contributed by atoms with Crippen LogP contribution in [0.25, 0.3) is 0 Å². The van der Waals surface area contributed by atoms with Crippen molar-refractivity contribution in [2.24, 2.45) is 5.92 Å². The summed E-state index contributed by atoms with van der Waals surface area (Å²) >= 11 is 0. The van der Waals surface area contributed by atoms with Crippen LogP contribution < -0.4 is 9.64 Å². The van der Waals surface area contributed by atoms with Crippen molar-refractivity contribution >= 4 is 23.3 Å². The number of aliphatic hydroxyl groups excluding tert-OH is 1. The average Bonchev–Trinajstić information content (AvgIpc) is 3.04. The van der Waals surface area contributed by atoms with Gasteiger partial charge in [-0.25, -0.2) is 4.79 Å². The van der Waals surface area contributed by atoms with E-state index in [9.17, 15) is 19.5 Å². The molecule has 1 unspecified atom stereocenters. The highest BCUT2D eigenvalue weighted by Crippen LogP contribution is 2.42. The van der Waals surface area contributed by atoms with Gasteiger partial charge >= 0.3 is 5.97 Å². The average molecular weight is 423 g/mol. The van der Waals surface area contributed by atoms with Crippen LogP contribution in [0.1, 0.15) is 42.7 Å². The van der Waals surface area contributed by atoms with Crippen LogP contribution in [0, 0.1) is 5.92 Å². The molecule has 0 saturated carbocycles. The van der Waals surface area contributed by atoms with Crippen LogP contribution in [0.5, 0.6) is 5.75 Å². The fourth-order valence-corrected chi connectivity index (χ4v) is 3.56. The summed E-state index contributed by atoms with van der Waals surface area (Å²) in [6, 6.07) is 12.5. The summed E-state index contributed by atoms with van der Waals surface area (Å²) in [5, 5.41) is 10.7. The van der Waals surface area contributed by atoms with Crippen molar-refractivity contribution in [2.75, 3.05) is 18.6 Å². The third-order valence-electron chi connectivity index (χ3n) is 5.04. The smallest absolute Gasteiger partial charge is 0.338 e. The Hall–Kier alpha value is -3.61. The van der Waals surface area contributed by atoms with Gasteiger partial charge in [0.05, 0.1) is 30.9 Å². The third kappa shape index (κ3) is 4.17. The molecule has 0 spiro atoms. The van der Waals surface area contributed by atoms with Crippen molar-refractivity contribution in [2.45, 2.75) is 26.8 Å². The van der Waals surface area contributed by atoms with E-state index in [2.05, 4.69) is 0 Å². The van der Waals surface area contributed by atoms with Gasteiger partial charge in [-0.3, -0.25) is 14.5 Å². The summed E-state index contributed by atoms with van der Waals surface area (Å²) in [6.07, 6.45) is 0. The molecule has 7 nitrogen and oxygen atoms in total. The topological polar surface area (TPSA) is 93.1 Å². The molecule has 1 aliphatic heterocycles. The number of rotatable bonds is 7. The second kappa shape index (κ2) is 9.04. The summed E-state index contributed by atoms with van der Waals surface area (Å²) < 4.78 is 10.4. The molecule has 0 bridgehead atoms. The Morgan fingerprint density at radius 1 is 1.13 bits per heavy atom. The van der Waals surface area contributed by atoms with Gasteiger partial charge in [-0.2, -0.15) is 0 Å². The van der Waals surface area contributed by atoms with Crippen LogP contribution in [0.2, 0.25) is 0 Å². The number of nitrogens with zero attached hydrogens (tertiary/aromatic N) is 1. The van der Waals surface area contributed by atoms with Gasteiger partial charge in [0.25, 0.3) is 5.91 Å². The van der Waals surface area contributed by atoms with Gasteiger partial charge in [-0.05, 0) is 42.8 Å². The highest BCUT2D eigenvalue weighted by Gasteiger charge is 2.45. The number of carbonyl (C=O) groups excluding carboxylic acids is 3. The Morgan fingerprint density at radius 3 is 2.48 bits per heavy atom. The molecule has 162 valence electrons. The van der Waals surface area contributed by atoms with Gasteiger partial charge in [0.15, 0.2) is 11.5 Å². The molecule has 0 saturated heterocycles. The Labute approximate surface area is 180 Å². The van der Waals surface area contributed by atoms with Crippen LogP contribution in [0.3, 0.4) is 0 Å². The fourth-order valence-electron chi connectivity index (χ4n) is 3.56. The van der Waals surface area contributed by atoms with Crippen molar-refractivity contribution in [3.63, 3.8) is 0 Å². The number of ketones is 1. The summed E-state index contributed by atoms with van der Waals surface area (Å²) in [5.41, 5.74) is 1.25. The van der Waals surface area contributed by atoms with Crippen LogP contribution in [-0.4, -0.2) is 36.5 Å². The zero-order valence-corrected chi connectivity index (χ0v) is 17.9. The lowest BCUT2D eigenvalue weighted by Crippen LogP contribution is -2.31. The molecular weight excluding hydrogens is 398 g/mol. The highest BCUT2D eigenvalue weighted by molar-refractivity contribution is 6.17. The fraction of sp³-hybridized carbons (Fsp3) is 0.292. The Morgan fingerprint density at radius 2 is 1.84 bits per heavy atom. The number of amides is 1. The molecule has 1 atom stereocenters. The molecule has 1 heterocycles. The van der Waals surface area contributed by atoms with Crippen molar-refractivity contribution in [1.82, 2.24) is 0 Å². The van der Waals surface area contributed by atoms with Gasteiger partial charge in [-0.1, -0.05) is 32.0 Å². The monoisotopic (exact) mass is 423 g/mol. The quantitative estimate of drug-likeness (QED) is 0.677. The molecule has 31 heavy (non-hydrogen) atoms. The van der Waals surface area contributed by atoms with Gasteiger partial charge in [0.1, 0.15) is 5.75 Å². The number of benzene rings is 2. The molecule has 0 aliphatic carbocycles. The number of methoxy groups -OCH3 is 1. The number of ether oxygens (including phenoxy) is 2. The zero-order valence-electron chi connectivity index (χ0n) is 17.9. The molecular formula is C24H25NO6. The number of hydrogen-bond donors (Lipinski definition) is 1. The van der Waals surface area contributed by atoms with Gasteiger partial charge in [0.2, 0.25) is 0 Å². The Kier molecular flexibility index (Phi) is 6.44. The van der Waals surface area contributed by atoms with Gasteiger partial charge in [-0.15, -0.1) is 0 Å². The number of esters is 1. The first-order chi connectivity index (χ1) is 14.8. The first kappa shape index (κ1) is 22.1. The molecule has 1 N–H and O–H groups in total. The maximum atomic E-state index is 13.1. The zero-order chi connectivity index (χ0) is 22.7. The largest absolute Gasteiger partial charge is 0.503 e. The van der Waals surface area contributed by atoms with Crippen LogP contribution in [0.4, 0.5) is 5.69 Å². The number of anilines is 1. The van der Waals surface area contributed by atoms with E-state index in [1.165, 1.54) is 18.1 Å². The van der Waals surface area contributed by atoms with Crippen LogP contribution in [0.15, 0.2) is 59.9 Å². The minimum Gasteiger partial charge on any atom is -0.503 e. The third-order valence-corrected chi connectivity index (χ3v) is 5.04. The number of hydrogen-bond acceptors (Lipinski definition) is 6. The molecule has 0 aromatic heterocycles. The van der Waals surface area contributed by atoms with E-state index in [0.29, 0.717) is 17.0 Å². The first-order valence-corrected chi connectivity index (χ1v) is 10.0. The summed E-state index contributed by atoms with van der Waals surface area (Å²) in [5.74, 6) is -2.03. The highest BCUT2D eigenvalue weighted by atomic mass is 16.5. The van der Waals surface area contributed by atoms with E-state index in [1.807, 2.05) is 0 Å². The molecule has 7 heteroatoms. The number of carbonyl (C=O) groups is 3. The van der Waals surface area contributed by atoms with Gasteiger partial charge < -0.3 is 14.6 Å². The van der Waals surface area contributed by atoms with Crippen molar-refractivity contribution < 1.29 is 29.0 Å². The SMILES string of the molecule is CCOC(=O)c1cccc(N2C(=O)C(O)=C(C(=O)C(C)C)C2c2cccc(OC)c2)c1. The summed E-state index contributed by atoms with van der Waals surface area (Å²) in [4.78, 5) is 39.6. The van der Waals surface area contributed by atoms with Crippen molar-refractivity contribution in [3.8, 4) is 5.75 Å². The standard InChI is InChI=1S/C24H25NO6/c1-5-31-24(29)16-9-6-10-17(12-16)25-20(15-8-7-11-18(13-15)30-4)19(21(26)14(2)3)22(27)23(25)28/h6-14,20,27H,5H2,1-4H3. The molecule has 3 rings (SSSR count). The maximum absolute atomic E-state index is 13.1. The molecule has 2 aromatic rings. The van der Waals surface area contributed by atoms with E-state index < -0.39 is 29.6 Å². The minimum atomic E-state index is -0.866. The first-order valence-electron chi connectivity index (χ1n) is 10.0. The number of aliphatic hydroxyl groups is 1. The molecule has 2 aromatic carbocycles. The Balaban J connectivity index is 2.17. The van der Waals surface area contributed by atoms with E-state index in [1.54, 1.807) is 63.2 Å². The predicted molar refractivity (Wildman–Crippen MR) is 115 cm³/mol. The molecule has 1 aliphatic rings. The van der Waals surface area contributed by atoms with Crippen molar-refractivity contribution in [1.29, 1.82) is 0 Å². The normalized spacial score (nSPS) is 16.1. The predicted octanol–water partition coefficient (Wildman–Crippen LogP) is 4.00. The Bertz CT molecular complexity index is 1060. The summed E-state index contributed by atoms with van der Waals surface area (Å²) in [7, 11) is 1.52. The van der Waals surface area contributed by atoms with E-state index >= 15 is 0 Å². The molecule has 0 fully saturated rings. The lowest BCUT2D eigenvalue weighted by Gasteiger charge is -2.28. The van der Waals surface area contributed by atoms with Gasteiger partial charge in [0, 0.05) is 11.6 Å². The molecule has 1 amide bonds. The second-order valence-corrected chi connectivity index (χ2v) is 7.41. The van der Waals surface area contributed by atoms with Crippen molar-refractivity contribution in [3.05, 3.63) is 71.0 Å². The lowest BCUT2D eigenvalue weighted by atomic mass is 9.91. The molecule has 0 radical (unpaired) electrons. The maximum Gasteiger partial charge on any atom is 0.338 e. The van der Waals surface area contributed by atoms with E-state index in [4.69, 9.17) is 9.47 Å². The van der Waals surface area contributed by atoms with E-state index in [0.717, 1.165) is 0 Å².